The number of nitrogens with zero attached hydrogens (tertiary/aromatic N) is 3. The zero-order valence-electron chi connectivity index (χ0n) is 16.3. The van der Waals surface area contributed by atoms with Crippen molar-refractivity contribution < 1.29 is 14.1 Å². The number of carbonyl (C=O) groups is 1. The van der Waals surface area contributed by atoms with Crippen LogP contribution in [0.5, 0.6) is 0 Å². The molecule has 0 saturated heterocycles. The number of rotatable bonds is 7. The Morgan fingerprint density at radius 3 is 2.79 bits per heavy atom. The first-order valence-electron chi connectivity index (χ1n) is 9.39. The topological polar surface area (TPSA) is 80.5 Å². The van der Waals surface area contributed by atoms with E-state index in [-0.39, 0.29) is 12.1 Å². The number of nitrogens with one attached hydrogen (secondary N) is 1. The minimum absolute atomic E-state index is 0.144. The fourth-order valence-electron chi connectivity index (χ4n) is 3.43. The summed E-state index contributed by atoms with van der Waals surface area (Å²) in [6, 6.07) is 13.2. The number of hydrogen-bond donors (Lipinski definition) is 1. The Labute approximate surface area is 173 Å². The predicted molar refractivity (Wildman–Crippen MR) is 111 cm³/mol. The lowest BCUT2D eigenvalue weighted by Gasteiger charge is -2.35. The minimum Gasteiger partial charge on any atom is -0.385 e. The van der Waals surface area contributed by atoms with E-state index in [1.807, 2.05) is 54.8 Å². The summed E-state index contributed by atoms with van der Waals surface area (Å²) < 4.78 is 10.8. The van der Waals surface area contributed by atoms with Crippen molar-refractivity contribution in [1.82, 2.24) is 20.4 Å². The maximum Gasteiger partial charge on any atom is 0.322 e. The number of amides is 2. The van der Waals surface area contributed by atoms with Gasteiger partial charge in [-0.3, -0.25) is 4.90 Å². The number of aromatic nitrogens is 2. The van der Waals surface area contributed by atoms with E-state index in [1.54, 1.807) is 23.3 Å². The molecule has 1 N–H and O–H groups in total. The molecule has 8 heteroatoms. The molecular weight excluding hydrogens is 388 g/mol. The third-order valence-corrected chi connectivity index (χ3v) is 5.72. The molecule has 7 nitrogen and oxygen atoms in total. The monoisotopic (exact) mass is 410 g/mol. The Morgan fingerprint density at radius 2 is 2.07 bits per heavy atom. The molecule has 3 aromatic rings. The summed E-state index contributed by atoms with van der Waals surface area (Å²) in [4.78, 5) is 20.1. The van der Waals surface area contributed by atoms with E-state index in [9.17, 15) is 4.79 Å². The van der Waals surface area contributed by atoms with Crippen molar-refractivity contribution in [3.63, 3.8) is 0 Å². The van der Waals surface area contributed by atoms with Crippen LogP contribution in [0.15, 0.2) is 58.1 Å². The molecular formula is C21H22N4O3S. The van der Waals surface area contributed by atoms with Crippen molar-refractivity contribution in [3.8, 4) is 10.7 Å². The van der Waals surface area contributed by atoms with Crippen LogP contribution in [0.4, 0.5) is 4.79 Å². The second-order valence-corrected chi connectivity index (χ2v) is 7.64. The molecule has 4 rings (SSSR count). The highest BCUT2D eigenvalue weighted by atomic mass is 32.1. The first-order valence-corrected chi connectivity index (χ1v) is 10.3. The average molecular weight is 410 g/mol. The molecule has 29 heavy (non-hydrogen) atoms. The second-order valence-electron chi connectivity index (χ2n) is 6.69. The maximum atomic E-state index is 12.8. The van der Waals surface area contributed by atoms with Gasteiger partial charge in [0.2, 0.25) is 5.82 Å². The molecule has 1 unspecified atom stereocenters. The quantitative estimate of drug-likeness (QED) is 0.586. The van der Waals surface area contributed by atoms with Gasteiger partial charge in [-0.1, -0.05) is 41.6 Å². The van der Waals surface area contributed by atoms with Gasteiger partial charge in [-0.2, -0.15) is 4.98 Å². The van der Waals surface area contributed by atoms with Gasteiger partial charge in [-0.05, 0) is 30.4 Å². The van der Waals surface area contributed by atoms with Crippen molar-refractivity contribution in [1.29, 1.82) is 0 Å². The van der Waals surface area contributed by atoms with E-state index in [0.717, 1.165) is 28.1 Å². The zero-order valence-corrected chi connectivity index (χ0v) is 17.1. The number of methoxy groups -OCH3 is 1. The van der Waals surface area contributed by atoms with Crippen LogP contribution in [0.25, 0.3) is 16.3 Å². The van der Waals surface area contributed by atoms with Crippen molar-refractivity contribution in [2.75, 3.05) is 20.3 Å². The van der Waals surface area contributed by atoms with E-state index in [1.165, 1.54) is 0 Å². The van der Waals surface area contributed by atoms with E-state index >= 15 is 0 Å². The lowest BCUT2D eigenvalue weighted by atomic mass is 9.94. The number of ether oxygens (including phenoxy) is 1. The van der Waals surface area contributed by atoms with Gasteiger partial charge in [0.1, 0.15) is 0 Å². The lowest BCUT2D eigenvalue weighted by molar-refractivity contribution is 0.174. The summed E-state index contributed by atoms with van der Waals surface area (Å²) in [6.45, 7) is 3.05. The first kappa shape index (κ1) is 19.4. The first-order chi connectivity index (χ1) is 14.2. The molecule has 150 valence electrons. The number of hydrogen-bond acceptors (Lipinski definition) is 6. The fraction of sp³-hybridized carbons (Fsp3) is 0.286. The SMILES string of the molecule is COCCCN1C(=O)NC(c2ccccc2)C(c2nc(-c3cccs3)no2)=C1C. The van der Waals surface area contributed by atoms with E-state index in [0.29, 0.717) is 24.9 Å². The molecule has 3 heterocycles. The normalized spacial score (nSPS) is 17.0. The largest absolute Gasteiger partial charge is 0.385 e. The molecule has 0 fully saturated rings. The van der Waals surface area contributed by atoms with Gasteiger partial charge >= 0.3 is 6.03 Å². The van der Waals surface area contributed by atoms with Crippen LogP contribution in [0.2, 0.25) is 0 Å². The van der Waals surface area contributed by atoms with Gasteiger partial charge in [0.15, 0.2) is 0 Å². The molecule has 1 atom stereocenters. The van der Waals surface area contributed by atoms with E-state index in [2.05, 4.69) is 15.5 Å². The zero-order chi connectivity index (χ0) is 20.2. The number of urea groups is 1. The second kappa shape index (κ2) is 8.59. The standard InChI is InChI=1S/C21H22N4O3S/c1-14-17(20-23-19(24-28-20)16-10-6-13-29-16)18(15-8-4-3-5-9-15)22-21(26)25(14)11-7-12-27-2/h3-6,8-10,13,18H,7,11-12H2,1-2H3,(H,22,26). The fourth-order valence-corrected chi connectivity index (χ4v) is 4.08. The summed E-state index contributed by atoms with van der Waals surface area (Å²) in [5, 5.41) is 9.22. The average Bonchev–Trinajstić information content (AvgIpc) is 3.42. The molecule has 0 aliphatic carbocycles. The highest BCUT2D eigenvalue weighted by Gasteiger charge is 2.35. The third kappa shape index (κ3) is 3.94. The van der Waals surface area contributed by atoms with E-state index < -0.39 is 0 Å². The van der Waals surface area contributed by atoms with Gasteiger partial charge in [-0.25, -0.2) is 4.79 Å². The van der Waals surface area contributed by atoms with Crippen LogP contribution < -0.4 is 5.32 Å². The van der Waals surface area contributed by atoms with Crippen LogP contribution in [0.1, 0.15) is 30.8 Å². The summed E-state index contributed by atoms with van der Waals surface area (Å²) in [5.41, 5.74) is 2.58. The van der Waals surface area contributed by atoms with Crippen molar-refractivity contribution in [3.05, 3.63) is 65.0 Å². The third-order valence-electron chi connectivity index (χ3n) is 4.86. The summed E-state index contributed by atoms with van der Waals surface area (Å²) in [7, 11) is 1.65. The Bertz CT molecular complexity index is 998. The van der Waals surface area contributed by atoms with Crippen LogP contribution in [0, 0.1) is 0 Å². The summed E-state index contributed by atoms with van der Waals surface area (Å²) in [6.07, 6.45) is 0.731. The summed E-state index contributed by atoms with van der Waals surface area (Å²) >= 11 is 1.55. The molecule has 0 saturated carbocycles. The van der Waals surface area contributed by atoms with Gasteiger partial charge in [0.05, 0.1) is 16.5 Å². The van der Waals surface area contributed by atoms with Crippen LogP contribution >= 0.6 is 11.3 Å². The van der Waals surface area contributed by atoms with Gasteiger partial charge in [0, 0.05) is 26.0 Å². The van der Waals surface area contributed by atoms with Crippen molar-refractivity contribution in [2.45, 2.75) is 19.4 Å². The number of carbonyl (C=O) groups excluding carboxylic acids is 1. The summed E-state index contributed by atoms with van der Waals surface area (Å²) in [5.74, 6) is 0.960. The minimum atomic E-state index is -0.362. The van der Waals surface area contributed by atoms with Crippen molar-refractivity contribution >= 4 is 22.9 Å². The van der Waals surface area contributed by atoms with E-state index in [4.69, 9.17) is 9.26 Å². The Hall–Kier alpha value is -2.97. The molecule has 0 radical (unpaired) electrons. The number of benzene rings is 1. The Morgan fingerprint density at radius 1 is 1.24 bits per heavy atom. The molecule has 2 amide bonds. The highest BCUT2D eigenvalue weighted by molar-refractivity contribution is 7.13. The van der Waals surface area contributed by atoms with Crippen LogP contribution in [-0.2, 0) is 4.74 Å². The Kier molecular flexibility index (Phi) is 5.73. The van der Waals surface area contributed by atoms with Gasteiger partial charge in [0.25, 0.3) is 5.89 Å². The maximum absolute atomic E-state index is 12.8. The Balaban J connectivity index is 1.76. The predicted octanol–water partition coefficient (Wildman–Crippen LogP) is 4.33. The molecule has 0 spiro atoms. The van der Waals surface area contributed by atoms with Crippen molar-refractivity contribution in [2.24, 2.45) is 0 Å². The lowest BCUT2D eigenvalue weighted by Crippen LogP contribution is -2.46. The molecule has 1 aliphatic rings. The highest BCUT2D eigenvalue weighted by Crippen LogP contribution is 2.37. The smallest absolute Gasteiger partial charge is 0.322 e. The van der Waals surface area contributed by atoms with Crippen LogP contribution in [-0.4, -0.2) is 41.3 Å². The molecule has 2 aromatic heterocycles. The van der Waals surface area contributed by atoms with Gasteiger partial charge < -0.3 is 14.6 Å². The molecule has 0 bridgehead atoms. The molecule has 1 aromatic carbocycles. The number of thiophene rings is 1. The molecule has 1 aliphatic heterocycles. The van der Waals surface area contributed by atoms with Gasteiger partial charge in [-0.15, -0.1) is 11.3 Å². The number of allylic oxidation sites excluding steroid dienone is 1. The van der Waals surface area contributed by atoms with Crippen LogP contribution in [0.3, 0.4) is 0 Å².